The van der Waals surface area contributed by atoms with Crippen molar-refractivity contribution in [2.45, 2.75) is 25.4 Å². The lowest BCUT2D eigenvalue weighted by Gasteiger charge is -2.33. The molecule has 1 saturated heterocycles. The maximum atomic E-state index is 10.4. The number of aliphatic hydroxyl groups is 1. The van der Waals surface area contributed by atoms with Crippen molar-refractivity contribution in [2.75, 3.05) is 13.2 Å². The number of hydrogen-bond donors (Lipinski definition) is 1. The van der Waals surface area contributed by atoms with Gasteiger partial charge in [-0.15, -0.1) is 0 Å². The predicted octanol–water partition coefficient (Wildman–Crippen LogP) is 2.65. The molecule has 1 aliphatic rings. The van der Waals surface area contributed by atoms with Crippen molar-refractivity contribution in [1.29, 1.82) is 0 Å². The summed E-state index contributed by atoms with van der Waals surface area (Å²) in [6.45, 7) is 3.19. The quantitative estimate of drug-likeness (QED) is 0.798. The van der Waals surface area contributed by atoms with Gasteiger partial charge in [0.25, 0.3) is 0 Å². The summed E-state index contributed by atoms with van der Waals surface area (Å²) < 4.78 is 5.25. The maximum absolute atomic E-state index is 10.4. The molecule has 1 N–H and O–H groups in total. The summed E-state index contributed by atoms with van der Waals surface area (Å²) in [7, 11) is 0. The summed E-state index contributed by atoms with van der Waals surface area (Å²) >= 11 is 6.15. The van der Waals surface area contributed by atoms with E-state index in [1.165, 1.54) is 0 Å². The minimum Gasteiger partial charge on any atom is -0.385 e. The van der Waals surface area contributed by atoms with Crippen LogP contribution in [0.5, 0.6) is 0 Å². The number of hydrogen-bond acceptors (Lipinski definition) is 2. The van der Waals surface area contributed by atoms with Crippen molar-refractivity contribution in [1.82, 2.24) is 0 Å². The lowest BCUT2D eigenvalue weighted by atomic mass is 9.86. The van der Waals surface area contributed by atoms with Crippen LogP contribution in [-0.4, -0.2) is 18.3 Å². The van der Waals surface area contributed by atoms with Crippen LogP contribution in [0.1, 0.15) is 24.0 Å². The summed E-state index contributed by atoms with van der Waals surface area (Å²) in [5, 5.41) is 11.1. The van der Waals surface area contributed by atoms with E-state index in [1.807, 2.05) is 25.1 Å². The molecule has 1 aliphatic heterocycles. The predicted molar refractivity (Wildman–Crippen MR) is 60.1 cm³/mol. The molecule has 2 rings (SSSR count). The molecule has 0 amide bonds. The SMILES string of the molecule is Cc1ccc(C2(O)CCOCC2)c(Cl)c1. The Morgan fingerprint density at radius 2 is 2.00 bits per heavy atom. The maximum Gasteiger partial charge on any atom is 0.0954 e. The zero-order valence-electron chi connectivity index (χ0n) is 8.79. The molecule has 0 atom stereocenters. The molecule has 2 nitrogen and oxygen atoms in total. The number of aryl methyl sites for hydroxylation is 1. The molecule has 1 aromatic carbocycles. The second-order valence-electron chi connectivity index (χ2n) is 4.13. The fourth-order valence-corrected chi connectivity index (χ4v) is 2.39. The second kappa shape index (κ2) is 4.12. The van der Waals surface area contributed by atoms with Crippen LogP contribution >= 0.6 is 11.6 Å². The summed E-state index contributed by atoms with van der Waals surface area (Å²) in [5.41, 5.74) is 1.14. The zero-order valence-corrected chi connectivity index (χ0v) is 9.55. The van der Waals surface area contributed by atoms with Gasteiger partial charge in [0.1, 0.15) is 0 Å². The second-order valence-corrected chi connectivity index (χ2v) is 4.53. The molecule has 1 heterocycles. The molecule has 0 bridgehead atoms. The smallest absolute Gasteiger partial charge is 0.0954 e. The molecule has 1 fully saturated rings. The Kier molecular flexibility index (Phi) is 3.01. The number of rotatable bonds is 1. The zero-order chi connectivity index (χ0) is 10.9. The van der Waals surface area contributed by atoms with Crippen molar-refractivity contribution >= 4 is 11.6 Å². The van der Waals surface area contributed by atoms with Gasteiger partial charge >= 0.3 is 0 Å². The molecule has 0 saturated carbocycles. The lowest BCUT2D eigenvalue weighted by molar-refractivity contribution is -0.0678. The van der Waals surface area contributed by atoms with E-state index in [1.54, 1.807) is 0 Å². The normalized spacial score (nSPS) is 20.2. The van der Waals surface area contributed by atoms with E-state index in [0.717, 1.165) is 11.1 Å². The Hall–Kier alpha value is -0.570. The molecule has 0 aromatic heterocycles. The third-order valence-electron chi connectivity index (χ3n) is 2.95. The van der Waals surface area contributed by atoms with Crippen LogP contribution in [0.15, 0.2) is 18.2 Å². The first-order valence-electron chi connectivity index (χ1n) is 5.19. The topological polar surface area (TPSA) is 29.5 Å². The highest BCUT2D eigenvalue weighted by atomic mass is 35.5. The third-order valence-corrected chi connectivity index (χ3v) is 3.26. The van der Waals surface area contributed by atoms with Crippen LogP contribution in [0.3, 0.4) is 0 Å². The Morgan fingerprint density at radius 3 is 2.60 bits per heavy atom. The van der Waals surface area contributed by atoms with E-state index in [9.17, 15) is 5.11 Å². The highest BCUT2D eigenvalue weighted by Gasteiger charge is 2.33. The standard InChI is InChI=1S/C12H15ClO2/c1-9-2-3-10(11(13)8-9)12(14)4-6-15-7-5-12/h2-3,8,14H,4-7H2,1H3. The molecule has 15 heavy (non-hydrogen) atoms. The summed E-state index contributed by atoms with van der Waals surface area (Å²) in [6, 6.07) is 5.79. The molecule has 3 heteroatoms. The Bertz CT molecular complexity index is 357. The van der Waals surface area contributed by atoms with Crippen LogP contribution in [-0.2, 0) is 10.3 Å². The minimum absolute atomic E-state index is 0.598. The largest absolute Gasteiger partial charge is 0.385 e. The third kappa shape index (κ3) is 2.17. The van der Waals surface area contributed by atoms with Gasteiger partial charge in [0.2, 0.25) is 0 Å². The van der Waals surface area contributed by atoms with E-state index in [2.05, 4.69) is 0 Å². The molecule has 0 unspecified atom stereocenters. The Balaban J connectivity index is 2.35. The first-order chi connectivity index (χ1) is 7.12. The Labute approximate surface area is 94.8 Å². The highest BCUT2D eigenvalue weighted by Crippen LogP contribution is 2.36. The molecule has 82 valence electrons. The van der Waals surface area contributed by atoms with Crippen molar-refractivity contribution in [2.24, 2.45) is 0 Å². The van der Waals surface area contributed by atoms with Crippen molar-refractivity contribution in [3.63, 3.8) is 0 Å². The first-order valence-corrected chi connectivity index (χ1v) is 5.56. The van der Waals surface area contributed by atoms with Crippen molar-refractivity contribution in [3.8, 4) is 0 Å². The van der Waals surface area contributed by atoms with Crippen LogP contribution in [0.4, 0.5) is 0 Å². The van der Waals surface area contributed by atoms with E-state index in [4.69, 9.17) is 16.3 Å². The molecular formula is C12H15ClO2. The van der Waals surface area contributed by atoms with Gasteiger partial charge in [-0.25, -0.2) is 0 Å². The average molecular weight is 227 g/mol. The van der Waals surface area contributed by atoms with E-state index in [0.29, 0.717) is 31.1 Å². The van der Waals surface area contributed by atoms with Crippen molar-refractivity contribution in [3.05, 3.63) is 34.3 Å². The van der Waals surface area contributed by atoms with Gasteiger partial charge in [-0.2, -0.15) is 0 Å². The molecule has 1 aromatic rings. The fraction of sp³-hybridized carbons (Fsp3) is 0.500. The number of halogens is 1. The molecular weight excluding hydrogens is 212 g/mol. The van der Waals surface area contributed by atoms with Crippen LogP contribution in [0.25, 0.3) is 0 Å². The highest BCUT2D eigenvalue weighted by molar-refractivity contribution is 6.31. The van der Waals surface area contributed by atoms with E-state index >= 15 is 0 Å². The number of ether oxygens (including phenoxy) is 1. The monoisotopic (exact) mass is 226 g/mol. The fourth-order valence-electron chi connectivity index (χ4n) is 1.98. The lowest BCUT2D eigenvalue weighted by Crippen LogP contribution is -2.33. The molecule has 0 aliphatic carbocycles. The van der Waals surface area contributed by atoms with Crippen LogP contribution in [0, 0.1) is 6.92 Å². The van der Waals surface area contributed by atoms with Gasteiger partial charge in [-0.1, -0.05) is 23.7 Å². The molecule has 0 radical (unpaired) electrons. The van der Waals surface area contributed by atoms with Gasteiger partial charge in [-0.05, 0) is 18.6 Å². The first kappa shape index (κ1) is 10.9. The molecule has 0 spiro atoms. The van der Waals surface area contributed by atoms with E-state index < -0.39 is 5.60 Å². The van der Waals surface area contributed by atoms with Gasteiger partial charge < -0.3 is 9.84 Å². The summed E-state index contributed by atoms with van der Waals surface area (Å²) in [4.78, 5) is 0. The average Bonchev–Trinajstić information content (AvgIpc) is 2.18. The van der Waals surface area contributed by atoms with Crippen LogP contribution in [0.2, 0.25) is 5.02 Å². The van der Waals surface area contributed by atoms with Gasteiger partial charge in [0.05, 0.1) is 5.60 Å². The summed E-state index contributed by atoms with van der Waals surface area (Å²) in [5.74, 6) is 0. The minimum atomic E-state index is -0.803. The number of benzene rings is 1. The van der Waals surface area contributed by atoms with Gasteiger partial charge in [-0.3, -0.25) is 0 Å². The van der Waals surface area contributed by atoms with Crippen LogP contribution < -0.4 is 0 Å². The van der Waals surface area contributed by atoms with Crippen molar-refractivity contribution < 1.29 is 9.84 Å². The Morgan fingerprint density at radius 1 is 1.33 bits per heavy atom. The van der Waals surface area contributed by atoms with E-state index in [-0.39, 0.29) is 0 Å². The summed E-state index contributed by atoms with van der Waals surface area (Å²) in [6.07, 6.45) is 1.24. The van der Waals surface area contributed by atoms with Gasteiger partial charge in [0.15, 0.2) is 0 Å². The van der Waals surface area contributed by atoms with Gasteiger partial charge in [0, 0.05) is 36.6 Å².